The first kappa shape index (κ1) is 16.5. The first-order chi connectivity index (χ1) is 9.95. The Kier molecular flexibility index (Phi) is 5.40. The number of piperidine rings is 1. The zero-order chi connectivity index (χ0) is 15.5. The monoisotopic (exact) mass is 314 g/mol. The maximum atomic E-state index is 12.6. The van der Waals surface area contributed by atoms with Gasteiger partial charge in [0.25, 0.3) is 0 Å². The summed E-state index contributed by atoms with van der Waals surface area (Å²) in [5.74, 6) is 0.372. The van der Waals surface area contributed by atoms with Gasteiger partial charge < -0.3 is 5.32 Å². The van der Waals surface area contributed by atoms with Gasteiger partial charge in [0, 0.05) is 32.4 Å². The fraction of sp³-hybridized carbons (Fsp3) is 0.786. The molecule has 21 heavy (non-hydrogen) atoms. The molecule has 1 aromatic rings. The quantitative estimate of drug-likeness (QED) is 0.857. The van der Waals surface area contributed by atoms with Crippen LogP contribution in [-0.4, -0.2) is 48.2 Å². The molecule has 0 bridgehead atoms. The number of sulfonamides is 1. The van der Waals surface area contributed by atoms with Gasteiger partial charge in [-0.1, -0.05) is 6.92 Å². The van der Waals surface area contributed by atoms with E-state index in [9.17, 15) is 8.42 Å². The maximum Gasteiger partial charge on any atom is 0.246 e. The lowest BCUT2D eigenvalue weighted by Gasteiger charge is -2.35. The second-order valence-corrected chi connectivity index (χ2v) is 7.80. The van der Waals surface area contributed by atoms with Crippen molar-refractivity contribution in [2.24, 2.45) is 13.0 Å². The lowest BCUT2D eigenvalue weighted by atomic mass is 9.93. The average molecular weight is 314 g/mol. The number of nitrogens with zero attached hydrogens (tertiary/aromatic N) is 3. The van der Waals surface area contributed by atoms with Crippen LogP contribution in [0.5, 0.6) is 0 Å². The highest BCUT2D eigenvalue weighted by molar-refractivity contribution is 7.89. The molecule has 2 rings (SSSR count). The summed E-state index contributed by atoms with van der Waals surface area (Å²) >= 11 is 0. The van der Waals surface area contributed by atoms with Crippen molar-refractivity contribution in [2.45, 2.75) is 44.0 Å². The number of rotatable bonds is 6. The summed E-state index contributed by atoms with van der Waals surface area (Å²) in [6.07, 6.45) is 6.09. The van der Waals surface area contributed by atoms with E-state index in [1.54, 1.807) is 17.5 Å². The molecule has 0 saturated carbocycles. The fourth-order valence-electron chi connectivity index (χ4n) is 2.82. The lowest BCUT2D eigenvalue weighted by molar-refractivity contribution is 0.224. The van der Waals surface area contributed by atoms with E-state index in [1.165, 1.54) is 10.9 Å². The molecule has 1 aliphatic heterocycles. The van der Waals surface area contributed by atoms with Crippen LogP contribution in [-0.2, 0) is 17.1 Å². The highest BCUT2D eigenvalue weighted by atomic mass is 32.2. The Balaban J connectivity index is 2.06. The van der Waals surface area contributed by atoms with Gasteiger partial charge in [-0.05, 0) is 38.6 Å². The third-order valence-electron chi connectivity index (χ3n) is 4.16. The molecule has 1 fully saturated rings. The van der Waals surface area contributed by atoms with Crippen molar-refractivity contribution in [2.75, 3.05) is 19.6 Å². The first-order valence-electron chi connectivity index (χ1n) is 7.67. The van der Waals surface area contributed by atoms with Crippen LogP contribution in [0.25, 0.3) is 0 Å². The summed E-state index contributed by atoms with van der Waals surface area (Å²) in [5.41, 5.74) is 0. The molecule has 2 heterocycles. The molecule has 2 atom stereocenters. The van der Waals surface area contributed by atoms with Gasteiger partial charge in [0.15, 0.2) is 0 Å². The van der Waals surface area contributed by atoms with Gasteiger partial charge >= 0.3 is 0 Å². The number of nitrogens with one attached hydrogen (secondary N) is 1. The third-order valence-corrected chi connectivity index (χ3v) is 5.98. The van der Waals surface area contributed by atoms with Crippen molar-refractivity contribution in [1.29, 1.82) is 0 Å². The molecule has 0 spiro atoms. The zero-order valence-corrected chi connectivity index (χ0v) is 13.9. The summed E-state index contributed by atoms with van der Waals surface area (Å²) in [4.78, 5) is 0.292. The summed E-state index contributed by atoms with van der Waals surface area (Å²) in [6.45, 7) is 6.47. The van der Waals surface area contributed by atoms with Crippen LogP contribution in [0.2, 0.25) is 0 Å². The molecule has 7 heteroatoms. The summed E-state index contributed by atoms with van der Waals surface area (Å²) in [7, 11) is -1.67. The van der Waals surface area contributed by atoms with Gasteiger partial charge in [0.2, 0.25) is 10.0 Å². The van der Waals surface area contributed by atoms with E-state index >= 15 is 0 Å². The van der Waals surface area contributed by atoms with Gasteiger partial charge in [0.1, 0.15) is 4.90 Å². The normalized spacial score (nSPS) is 22.3. The molecular formula is C14H26N4O2S. The Bertz CT molecular complexity index is 555. The van der Waals surface area contributed by atoms with Gasteiger partial charge in [0.05, 0.1) is 6.20 Å². The van der Waals surface area contributed by atoms with Crippen LogP contribution < -0.4 is 5.32 Å². The second kappa shape index (κ2) is 6.89. The molecule has 1 N–H and O–H groups in total. The molecule has 2 unspecified atom stereocenters. The lowest BCUT2D eigenvalue weighted by Crippen LogP contribution is -2.46. The smallest absolute Gasteiger partial charge is 0.246 e. The van der Waals surface area contributed by atoms with Gasteiger partial charge in [-0.25, -0.2) is 8.42 Å². The van der Waals surface area contributed by atoms with E-state index in [4.69, 9.17) is 0 Å². The first-order valence-corrected chi connectivity index (χ1v) is 9.11. The van der Waals surface area contributed by atoms with Crippen molar-refractivity contribution < 1.29 is 8.42 Å². The molecule has 0 radical (unpaired) electrons. The summed E-state index contributed by atoms with van der Waals surface area (Å²) in [5, 5.41) is 7.45. The minimum Gasteiger partial charge on any atom is -0.314 e. The Morgan fingerprint density at radius 3 is 2.90 bits per heavy atom. The number of hydrogen-bond donors (Lipinski definition) is 1. The van der Waals surface area contributed by atoms with Crippen LogP contribution in [0.15, 0.2) is 17.3 Å². The van der Waals surface area contributed by atoms with E-state index in [2.05, 4.69) is 24.3 Å². The predicted molar refractivity (Wildman–Crippen MR) is 82.4 cm³/mol. The molecule has 0 aliphatic carbocycles. The van der Waals surface area contributed by atoms with Crippen LogP contribution in [0.3, 0.4) is 0 Å². The Morgan fingerprint density at radius 1 is 1.52 bits per heavy atom. The van der Waals surface area contributed by atoms with Gasteiger partial charge in [-0.2, -0.15) is 9.40 Å². The summed E-state index contributed by atoms with van der Waals surface area (Å²) in [6, 6.07) is 0.344. The number of hydrogen-bond acceptors (Lipinski definition) is 4. The molecule has 1 aromatic heterocycles. The zero-order valence-electron chi connectivity index (χ0n) is 13.1. The third kappa shape index (κ3) is 3.84. The van der Waals surface area contributed by atoms with E-state index in [1.807, 2.05) is 0 Å². The Hall–Kier alpha value is -0.920. The Morgan fingerprint density at radius 2 is 2.29 bits per heavy atom. The van der Waals surface area contributed by atoms with Crippen LogP contribution in [0, 0.1) is 5.92 Å². The average Bonchev–Trinajstić information content (AvgIpc) is 2.92. The molecular weight excluding hydrogens is 288 g/mol. The predicted octanol–water partition coefficient (Wildman–Crippen LogP) is 1.21. The largest absolute Gasteiger partial charge is 0.314 e. The van der Waals surface area contributed by atoms with Crippen molar-refractivity contribution in [3.8, 4) is 0 Å². The van der Waals surface area contributed by atoms with Crippen LogP contribution in [0.1, 0.15) is 33.1 Å². The van der Waals surface area contributed by atoms with Crippen LogP contribution >= 0.6 is 0 Å². The van der Waals surface area contributed by atoms with Crippen molar-refractivity contribution in [3.63, 3.8) is 0 Å². The highest BCUT2D eigenvalue weighted by Crippen LogP contribution is 2.25. The minimum atomic E-state index is -3.41. The molecule has 0 amide bonds. The number of aromatic nitrogens is 2. The summed E-state index contributed by atoms with van der Waals surface area (Å²) < 4.78 is 28.4. The molecule has 0 aromatic carbocycles. The molecule has 1 saturated heterocycles. The van der Waals surface area contributed by atoms with E-state index in [0.717, 1.165) is 25.8 Å². The van der Waals surface area contributed by atoms with Crippen molar-refractivity contribution >= 4 is 10.0 Å². The topological polar surface area (TPSA) is 67.2 Å². The van der Waals surface area contributed by atoms with Gasteiger partial charge in [-0.3, -0.25) is 4.68 Å². The molecule has 6 nitrogen and oxygen atoms in total. The second-order valence-electron chi connectivity index (χ2n) is 5.86. The van der Waals surface area contributed by atoms with E-state index < -0.39 is 10.0 Å². The van der Waals surface area contributed by atoms with E-state index in [-0.39, 0.29) is 0 Å². The molecule has 1 aliphatic rings. The van der Waals surface area contributed by atoms with Crippen molar-refractivity contribution in [3.05, 3.63) is 12.4 Å². The molecule has 120 valence electrons. The van der Waals surface area contributed by atoms with Crippen LogP contribution in [0.4, 0.5) is 0 Å². The van der Waals surface area contributed by atoms with E-state index in [0.29, 0.717) is 29.9 Å². The maximum absolute atomic E-state index is 12.6. The SMILES string of the molecule is CCCNC(C)C1CCCN(S(=O)(=O)c2cnn(C)c2)C1. The Labute approximate surface area is 127 Å². The van der Waals surface area contributed by atoms with Gasteiger partial charge in [-0.15, -0.1) is 0 Å². The highest BCUT2D eigenvalue weighted by Gasteiger charge is 2.32. The minimum absolute atomic E-state index is 0.292. The fourth-order valence-corrected chi connectivity index (χ4v) is 4.34. The van der Waals surface area contributed by atoms with Crippen molar-refractivity contribution in [1.82, 2.24) is 19.4 Å². The number of aryl methyl sites for hydroxylation is 1. The standard InChI is InChI=1S/C14H26N4O2S/c1-4-7-15-12(2)13-6-5-8-18(10-13)21(19,20)14-9-16-17(3)11-14/h9,11-13,15H,4-8,10H2,1-3H3.